The van der Waals surface area contributed by atoms with E-state index in [0.29, 0.717) is 12.2 Å². The fraction of sp³-hybridized carbons (Fsp3) is 0.174. The van der Waals surface area contributed by atoms with Gasteiger partial charge in [0, 0.05) is 19.2 Å². The number of carbonyl (C=O) groups is 1. The molecule has 0 aliphatic rings. The molecule has 0 atom stereocenters. The van der Waals surface area contributed by atoms with Crippen molar-refractivity contribution in [2.45, 2.75) is 18.4 Å². The highest BCUT2D eigenvalue weighted by Gasteiger charge is 2.27. The zero-order valence-corrected chi connectivity index (χ0v) is 18.8. The molecule has 0 unspecified atom stereocenters. The van der Waals surface area contributed by atoms with Crippen LogP contribution in [0.2, 0.25) is 0 Å². The lowest BCUT2D eigenvalue weighted by atomic mass is 10.2. The summed E-state index contributed by atoms with van der Waals surface area (Å²) in [4.78, 5) is 22.9. The SMILES string of the molecule is CCN(c1ccccc1)S(=O)(=O)c1ccc(NCC(=O)NCc2ccccc2)c([N+](=O)[O-])c1. The lowest BCUT2D eigenvalue weighted by Gasteiger charge is -2.23. The van der Waals surface area contributed by atoms with Crippen LogP contribution in [-0.2, 0) is 21.4 Å². The molecule has 0 aliphatic heterocycles. The van der Waals surface area contributed by atoms with Crippen LogP contribution in [0.5, 0.6) is 0 Å². The second-order valence-corrected chi connectivity index (χ2v) is 8.92. The second-order valence-electron chi connectivity index (χ2n) is 7.06. The molecule has 3 aromatic carbocycles. The molecule has 33 heavy (non-hydrogen) atoms. The molecule has 3 aromatic rings. The predicted octanol–water partition coefficient (Wildman–Crippen LogP) is 3.54. The molecule has 0 aliphatic carbocycles. The van der Waals surface area contributed by atoms with Crippen molar-refractivity contribution in [3.8, 4) is 0 Å². The smallest absolute Gasteiger partial charge is 0.293 e. The van der Waals surface area contributed by atoms with Gasteiger partial charge in [0.05, 0.1) is 22.1 Å². The monoisotopic (exact) mass is 468 g/mol. The van der Waals surface area contributed by atoms with Gasteiger partial charge in [0.2, 0.25) is 5.91 Å². The zero-order chi connectivity index (χ0) is 23.8. The number of amides is 1. The highest BCUT2D eigenvalue weighted by atomic mass is 32.2. The average molecular weight is 469 g/mol. The Morgan fingerprint density at radius 1 is 1.00 bits per heavy atom. The van der Waals surface area contributed by atoms with Crippen molar-refractivity contribution < 1.29 is 18.1 Å². The van der Waals surface area contributed by atoms with Gasteiger partial charge in [0.1, 0.15) is 5.69 Å². The van der Waals surface area contributed by atoms with Crippen LogP contribution in [0.1, 0.15) is 12.5 Å². The fourth-order valence-corrected chi connectivity index (χ4v) is 4.71. The minimum Gasteiger partial charge on any atom is -0.371 e. The van der Waals surface area contributed by atoms with Gasteiger partial charge in [-0.1, -0.05) is 48.5 Å². The summed E-state index contributed by atoms with van der Waals surface area (Å²) in [6.45, 7) is 1.96. The van der Waals surface area contributed by atoms with E-state index in [1.165, 1.54) is 16.4 Å². The van der Waals surface area contributed by atoms with Crippen LogP contribution < -0.4 is 14.9 Å². The van der Waals surface area contributed by atoms with E-state index in [2.05, 4.69) is 10.6 Å². The van der Waals surface area contributed by atoms with Crippen molar-refractivity contribution in [1.29, 1.82) is 0 Å². The molecule has 0 radical (unpaired) electrons. The Bertz CT molecular complexity index is 1220. The zero-order valence-electron chi connectivity index (χ0n) is 18.0. The van der Waals surface area contributed by atoms with Crippen LogP contribution in [0.4, 0.5) is 17.1 Å². The Kier molecular flexibility index (Phi) is 7.62. The number of hydrogen-bond acceptors (Lipinski definition) is 6. The predicted molar refractivity (Wildman–Crippen MR) is 127 cm³/mol. The van der Waals surface area contributed by atoms with Gasteiger partial charge in [0.25, 0.3) is 15.7 Å². The molecule has 172 valence electrons. The molecular formula is C23H24N4O5S. The first-order chi connectivity index (χ1) is 15.8. The first-order valence-corrected chi connectivity index (χ1v) is 11.7. The average Bonchev–Trinajstić information content (AvgIpc) is 2.83. The minimum absolute atomic E-state index is 0.0524. The number of hydrogen-bond donors (Lipinski definition) is 2. The molecule has 0 spiro atoms. The maximum Gasteiger partial charge on any atom is 0.293 e. The van der Waals surface area contributed by atoms with Crippen molar-refractivity contribution in [2.75, 3.05) is 22.7 Å². The number of anilines is 2. The van der Waals surface area contributed by atoms with Crippen LogP contribution in [-0.4, -0.2) is 32.3 Å². The molecule has 3 rings (SSSR count). The summed E-state index contributed by atoms with van der Waals surface area (Å²) in [6.07, 6.45) is 0. The van der Waals surface area contributed by atoms with E-state index in [1.807, 2.05) is 30.3 Å². The van der Waals surface area contributed by atoms with Crippen molar-refractivity contribution in [3.05, 3.63) is 94.5 Å². The van der Waals surface area contributed by atoms with Crippen LogP contribution in [0, 0.1) is 10.1 Å². The number of nitrogens with zero attached hydrogens (tertiary/aromatic N) is 2. The minimum atomic E-state index is -4.03. The molecule has 9 nitrogen and oxygen atoms in total. The van der Waals surface area contributed by atoms with Gasteiger partial charge in [-0.2, -0.15) is 0 Å². The summed E-state index contributed by atoms with van der Waals surface area (Å²) < 4.78 is 27.5. The van der Waals surface area contributed by atoms with Gasteiger partial charge in [-0.3, -0.25) is 19.2 Å². The quantitative estimate of drug-likeness (QED) is 0.347. The lowest BCUT2D eigenvalue weighted by Crippen LogP contribution is -2.31. The molecule has 0 bridgehead atoms. The summed E-state index contributed by atoms with van der Waals surface area (Å²) in [5, 5.41) is 17.1. The third kappa shape index (κ3) is 5.86. The summed E-state index contributed by atoms with van der Waals surface area (Å²) in [5.74, 6) is -0.355. The molecule has 1 amide bonds. The molecule has 0 fully saturated rings. The van der Waals surface area contributed by atoms with Crippen LogP contribution >= 0.6 is 0 Å². The summed E-state index contributed by atoms with van der Waals surface area (Å²) in [7, 11) is -4.03. The number of benzene rings is 3. The maximum atomic E-state index is 13.2. The first kappa shape index (κ1) is 23.7. The Morgan fingerprint density at radius 2 is 1.64 bits per heavy atom. The van der Waals surface area contributed by atoms with Gasteiger partial charge < -0.3 is 10.6 Å². The largest absolute Gasteiger partial charge is 0.371 e. The number of sulfonamides is 1. The maximum absolute atomic E-state index is 13.2. The van der Waals surface area contributed by atoms with E-state index in [0.717, 1.165) is 11.6 Å². The Labute approximate surface area is 192 Å². The summed E-state index contributed by atoms with van der Waals surface area (Å²) in [6, 6.07) is 21.4. The van der Waals surface area contributed by atoms with E-state index >= 15 is 0 Å². The number of nitro benzene ring substituents is 1. The number of nitrogens with one attached hydrogen (secondary N) is 2. The molecule has 0 saturated heterocycles. The van der Waals surface area contributed by atoms with Crippen molar-refractivity contribution in [3.63, 3.8) is 0 Å². The molecule has 0 aromatic heterocycles. The highest BCUT2D eigenvalue weighted by molar-refractivity contribution is 7.92. The normalized spacial score (nSPS) is 10.9. The standard InChI is InChI=1S/C23H24N4O5S/c1-2-26(19-11-7-4-8-12-19)33(31,32)20-13-14-21(22(15-20)27(29)30)24-17-23(28)25-16-18-9-5-3-6-10-18/h3-15,24H,2,16-17H2,1H3,(H,25,28). The van der Waals surface area contributed by atoms with Crippen molar-refractivity contribution >= 4 is 33.0 Å². The first-order valence-electron chi connectivity index (χ1n) is 10.2. The van der Waals surface area contributed by atoms with Gasteiger partial charge in [-0.05, 0) is 36.8 Å². The van der Waals surface area contributed by atoms with Crippen LogP contribution in [0.3, 0.4) is 0 Å². The Hall–Kier alpha value is -3.92. The van der Waals surface area contributed by atoms with Crippen LogP contribution in [0.25, 0.3) is 0 Å². The molecule has 2 N–H and O–H groups in total. The number of para-hydroxylation sites is 1. The molecule has 0 saturated carbocycles. The van der Waals surface area contributed by atoms with E-state index in [9.17, 15) is 23.3 Å². The third-order valence-electron chi connectivity index (χ3n) is 4.86. The van der Waals surface area contributed by atoms with Gasteiger partial charge in [-0.15, -0.1) is 0 Å². The highest BCUT2D eigenvalue weighted by Crippen LogP contribution is 2.30. The molecule has 10 heteroatoms. The molecular weight excluding hydrogens is 444 g/mol. The van der Waals surface area contributed by atoms with E-state index in [-0.39, 0.29) is 29.6 Å². The van der Waals surface area contributed by atoms with Gasteiger partial charge >= 0.3 is 0 Å². The topological polar surface area (TPSA) is 122 Å². The lowest BCUT2D eigenvalue weighted by molar-refractivity contribution is -0.384. The third-order valence-corrected chi connectivity index (χ3v) is 6.76. The Morgan fingerprint density at radius 3 is 2.24 bits per heavy atom. The van der Waals surface area contributed by atoms with Crippen LogP contribution in [0.15, 0.2) is 83.8 Å². The number of carbonyl (C=O) groups excluding carboxylic acids is 1. The Balaban J connectivity index is 1.76. The van der Waals surface area contributed by atoms with Crippen molar-refractivity contribution in [1.82, 2.24) is 5.32 Å². The second kappa shape index (κ2) is 10.6. The van der Waals surface area contributed by atoms with Crippen molar-refractivity contribution in [2.24, 2.45) is 0 Å². The van der Waals surface area contributed by atoms with E-state index < -0.39 is 20.6 Å². The summed E-state index contributed by atoms with van der Waals surface area (Å²) >= 11 is 0. The van der Waals surface area contributed by atoms with E-state index in [1.54, 1.807) is 37.3 Å². The fourth-order valence-electron chi connectivity index (χ4n) is 3.22. The van der Waals surface area contributed by atoms with Gasteiger partial charge in [-0.25, -0.2) is 8.42 Å². The summed E-state index contributed by atoms with van der Waals surface area (Å²) in [5.41, 5.74) is 0.998. The number of rotatable bonds is 10. The van der Waals surface area contributed by atoms with E-state index in [4.69, 9.17) is 0 Å². The number of nitro groups is 1. The molecule has 0 heterocycles. The van der Waals surface area contributed by atoms with Gasteiger partial charge in [0.15, 0.2) is 0 Å².